The van der Waals surface area contributed by atoms with E-state index in [2.05, 4.69) is 17.6 Å². The van der Waals surface area contributed by atoms with E-state index in [4.69, 9.17) is 20.9 Å². The van der Waals surface area contributed by atoms with Gasteiger partial charge in [-0.1, -0.05) is 17.7 Å². The highest BCUT2D eigenvalue weighted by Crippen LogP contribution is 2.38. The van der Waals surface area contributed by atoms with E-state index < -0.39 is 7.12 Å². The summed E-state index contributed by atoms with van der Waals surface area (Å²) in [7, 11) is -0.404. The molecule has 108 valence electrons. The molecule has 1 aromatic heterocycles. The summed E-state index contributed by atoms with van der Waals surface area (Å²) in [4.78, 5) is 4.25. The van der Waals surface area contributed by atoms with Crippen LogP contribution in [0.1, 0.15) is 33.4 Å². The Morgan fingerprint density at radius 1 is 1.30 bits per heavy atom. The van der Waals surface area contributed by atoms with Crippen LogP contribution in [0, 0.1) is 0 Å². The van der Waals surface area contributed by atoms with E-state index in [1.54, 1.807) is 6.07 Å². The van der Waals surface area contributed by atoms with Crippen LogP contribution in [-0.2, 0) is 9.31 Å². The van der Waals surface area contributed by atoms with Gasteiger partial charge in [-0.05, 0) is 51.4 Å². The van der Waals surface area contributed by atoms with E-state index in [1.807, 2.05) is 45.9 Å². The second-order valence-electron chi connectivity index (χ2n) is 5.85. The fraction of sp³-hybridized carbons (Fsp3) is 0.500. The standard InChI is InChI=1S/C14H19BClNO2S/c1-13(2)14(3,4)19-15(18-13)10(9-20)8-11-6-5-7-12(16)17-11/h5-8,20H,9H2,1-4H3. The monoisotopic (exact) mass is 311 g/mol. The molecule has 2 heterocycles. The molecular formula is C14H19BClNO2S. The molecule has 1 saturated heterocycles. The number of pyridine rings is 1. The lowest BCUT2D eigenvalue weighted by molar-refractivity contribution is 0.00578. The summed E-state index contributed by atoms with van der Waals surface area (Å²) in [5.74, 6) is 0.533. The van der Waals surface area contributed by atoms with Crippen molar-refractivity contribution < 1.29 is 9.31 Å². The number of nitrogens with zero attached hydrogens (tertiary/aromatic N) is 1. The first-order valence-electron chi connectivity index (χ1n) is 6.55. The van der Waals surface area contributed by atoms with Crippen molar-refractivity contribution in [1.29, 1.82) is 0 Å². The molecule has 0 aliphatic carbocycles. The van der Waals surface area contributed by atoms with Crippen LogP contribution in [0.4, 0.5) is 0 Å². The molecule has 0 saturated carbocycles. The molecule has 0 N–H and O–H groups in total. The quantitative estimate of drug-likeness (QED) is 0.525. The van der Waals surface area contributed by atoms with Gasteiger partial charge in [0, 0.05) is 5.75 Å². The van der Waals surface area contributed by atoms with Crippen LogP contribution >= 0.6 is 24.2 Å². The average molecular weight is 312 g/mol. The summed E-state index contributed by atoms with van der Waals surface area (Å²) in [6, 6.07) is 5.50. The van der Waals surface area contributed by atoms with E-state index in [-0.39, 0.29) is 11.2 Å². The van der Waals surface area contributed by atoms with Crippen LogP contribution in [0.2, 0.25) is 5.15 Å². The molecule has 1 fully saturated rings. The van der Waals surface area contributed by atoms with Gasteiger partial charge < -0.3 is 9.31 Å². The number of halogens is 1. The molecule has 0 radical (unpaired) electrons. The van der Waals surface area contributed by atoms with Gasteiger partial charge in [-0.25, -0.2) is 4.98 Å². The highest BCUT2D eigenvalue weighted by molar-refractivity contribution is 7.80. The van der Waals surface area contributed by atoms with E-state index >= 15 is 0 Å². The Labute approximate surface area is 131 Å². The first-order chi connectivity index (χ1) is 9.25. The minimum atomic E-state index is -0.404. The Morgan fingerprint density at radius 2 is 1.90 bits per heavy atom. The first kappa shape index (κ1) is 15.9. The van der Waals surface area contributed by atoms with Gasteiger partial charge in [0.2, 0.25) is 0 Å². The fourth-order valence-electron chi connectivity index (χ4n) is 1.88. The van der Waals surface area contributed by atoms with Crippen molar-refractivity contribution in [1.82, 2.24) is 4.98 Å². The van der Waals surface area contributed by atoms with Crippen LogP contribution in [0.15, 0.2) is 23.7 Å². The van der Waals surface area contributed by atoms with Gasteiger partial charge in [0.25, 0.3) is 0 Å². The molecule has 0 aromatic carbocycles. The van der Waals surface area contributed by atoms with Gasteiger partial charge in [0.1, 0.15) is 5.15 Å². The third-order valence-electron chi connectivity index (χ3n) is 3.81. The van der Waals surface area contributed by atoms with Crippen LogP contribution in [0.5, 0.6) is 0 Å². The normalized spacial score (nSPS) is 21.3. The zero-order valence-corrected chi connectivity index (χ0v) is 13.8. The molecule has 1 aromatic rings. The molecule has 0 atom stereocenters. The molecule has 3 nitrogen and oxygen atoms in total. The molecule has 0 spiro atoms. The predicted molar refractivity (Wildman–Crippen MR) is 87.2 cm³/mol. The third-order valence-corrected chi connectivity index (χ3v) is 4.38. The second-order valence-corrected chi connectivity index (χ2v) is 6.55. The lowest BCUT2D eigenvalue weighted by Gasteiger charge is -2.32. The zero-order chi connectivity index (χ0) is 15.0. The molecular weight excluding hydrogens is 292 g/mol. The zero-order valence-electron chi connectivity index (χ0n) is 12.2. The molecule has 1 aliphatic heterocycles. The SMILES string of the molecule is CC1(C)OB(C(=Cc2cccc(Cl)n2)CS)OC1(C)C. The van der Waals surface area contributed by atoms with Crippen molar-refractivity contribution in [2.75, 3.05) is 5.75 Å². The van der Waals surface area contributed by atoms with Crippen molar-refractivity contribution in [3.05, 3.63) is 34.5 Å². The minimum absolute atomic E-state index is 0.360. The Balaban J connectivity index is 2.26. The van der Waals surface area contributed by atoms with E-state index in [0.29, 0.717) is 10.9 Å². The number of rotatable bonds is 3. The number of hydrogen-bond acceptors (Lipinski definition) is 4. The topological polar surface area (TPSA) is 31.4 Å². The van der Waals surface area contributed by atoms with Gasteiger partial charge in [-0.15, -0.1) is 0 Å². The maximum absolute atomic E-state index is 6.02. The largest absolute Gasteiger partial charge is 0.491 e. The summed E-state index contributed by atoms with van der Waals surface area (Å²) in [5.41, 5.74) is 0.987. The summed E-state index contributed by atoms with van der Waals surface area (Å²) in [6.45, 7) is 8.11. The summed E-state index contributed by atoms with van der Waals surface area (Å²) in [5, 5.41) is 0.464. The lowest BCUT2D eigenvalue weighted by atomic mass is 9.78. The van der Waals surface area contributed by atoms with Crippen molar-refractivity contribution in [3.8, 4) is 0 Å². The Morgan fingerprint density at radius 3 is 2.40 bits per heavy atom. The van der Waals surface area contributed by atoms with Gasteiger partial charge >= 0.3 is 7.12 Å². The Kier molecular flexibility index (Phi) is 4.55. The average Bonchev–Trinajstić information content (AvgIpc) is 2.55. The van der Waals surface area contributed by atoms with Crippen LogP contribution in [0.3, 0.4) is 0 Å². The molecule has 0 unspecified atom stereocenters. The van der Waals surface area contributed by atoms with Crippen molar-refractivity contribution in [2.24, 2.45) is 0 Å². The minimum Gasteiger partial charge on any atom is -0.400 e. The maximum atomic E-state index is 6.02. The van der Waals surface area contributed by atoms with Crippen molar-refractivity contribution in [3.63, 3.8) is 0 Å². The Hall–Kier alpha value is -0.485. The van der Waals surface area contributed by atoms with Crippen LogP contribution in [-0.4, -0.2) is 29.1 Å². The van der Waals surface area contributed by atoms with Crippen LogP contribution in [0.25, 0.3) is 6.08 Å². The van der Waals surface area contributed by atoms with Gasteiger partial charge in [0.15, 0.2) is 0 Å². The molecule has 0 bridgehead atoms. The predicted octanol–water partition coefficient (Wildman–Crippen LogP) is 3.68. The summed E-state index contributed by atoms with van der Waals surface area (Å²) < 4.78 is 12.0. The smallest absolute Gasteiger partial charge is 0.400 e. The highest BCUT2D eigenvalue weighted by atomic mass is 35.5. The highest BCUT2D eigenvalue weighted by Gasteiger charge is 2.52. The maximum Gasteiger partial charge on any atom is 0.491 e. The van der Waals surface area contributed by atoms with E-state index in [9.17, 15) is 0 Å². The Bertz CT molecular complexity index is 518. The number of hydrogen-bond donors (Lipinski definition) is 1. The first-order valence-corrected chi connectivity index (χ1v) is 7.56. The van der Waals surface area contributed by atoms with Gasteiger partial charge in [-0.2, -0.15) is 12.6 Å². The number of aromatic nitrogens is 1. The van der Waals surface area contributed by atoms with Crippen LogP contribution < -0.4 is 0 Å². The fourth-order valence-corrected chi connectivity index (χ4v) is 2.29. The molecule has 1 aliphatic rings. The molecule has 0 amide bonds. The third kappa shape index (κ3) is 3.22. The molecule has 2 rings (SSSR count). The second kappa shape index (κ2) is 5.72. The van der Waals surface area contributed by atoms with Gasteiger partial charge in [-0.3, -0.25) is 0 Å². The van der Waals surface area contributed by atoms with Crippen molar-refractivity contribution in [2.45, 2.75) is 38.9 Å². The van der Waals surface area contributed by atoms with E-state index in [0.717, 1.165) is 11.2 Å². The number of thiol groups is 1. The summed E-state index contributed by atoms with van der Waals surface area (Å²) >= 11 is 10.3. The van der Waals surface area contributed by atoms with Crippen molar-refractivity contribution >= 4 is 37.4 Å². The summed E-state index contributed by atoms with van der Waals surface area (Å²) in [6.07, 6.45) is 1.92. The van der Waals surface area contributed by atoms with Gasteiger partial charge in [0.05, 0.1) is 16.9 Å². The molecule has 20 heavy (non-hydrogen) atoms. The lowest BCUT2D eigenvalue weighted by Crippen LogP contribution is -2.41. The molecule has 6 heteroatoms. The van der Waals surface area contributed by atoms with E-state index in [1.165, 1.54) is 0 Å².